The van der Waals surface area contributed by atoms with E-state index in [2.05, 4.69) is 61.1 Å². The highest BCUT2D eigenvalue weighted by molar-refractivity contribution is 5.95. The van der Waals surface area contributed by atoms with Gasteiger partial charge in [0.25, 0.3) is 5.91 Å². The molecule has 0 aliphatic carbocycles. The number of likely N-dealkylation sites (tertiary alicyclic amines) is 2. The Labute approximate surface area is 337 Å². The smallest absolute Gasteiger partial charge is 0.253 e. The van der Waals surface area contributed by atoms with Crippen LogP contribution in [0.2, 0.25) is 0 Å². The molecular formula is C45H53N9O3. The number of piperidine rings is 2. The Morgan fingerprint density at radius 2 is 1.75 bits per heavy atom. The monoisotopic (exact) mass is 769 g/mol. The van der Waals surface area contributed by atoms with Gasteiger partial charge in [0.2, 0.25) is 0 Å². The first-order chi connectivity index (χ1) is 28.7. The Kier molecular flexibility index (Phi) is 9.89. The van der Waals surface area contributed by atoms with Gasteiger partial charge in [-0.25, -0.2) is 0 Å². The molecule has 2 unspecified atom stereocenters. The van der Waals surface area contributed by atoms with Crippen molar-refractivity contribution in [1.82, 2.24) is 29.9 Å². The number of para-hydroxylation sites is 1. The molecule has 0 bridgehead atoms. The van der Waals surface area contributed by atoms with Gasteiger partial charge in [-0.2, -0.15) is 0 Å². The number of amides is 1. The minimum atomic E-state index is -0.695. The highest BCUT2D eigenvalue weighted by Gasteiger charge is 2.30. The number of nitrogens with zero attached hydrogens (tertiary/aromatic N) is 7. The van der Waals surface area contributed by atoms with E-state index in [0.29, 0.717) is 54.3 Å². The van der Waals surface area contributed by atoms with E-state index in [0.717, 1.165) is 80.7 Å². The van der Waals surface area contributed by atoms with Crippen molar-refractivity contribution in [2.24, 2.45) is 5.92 Å². The van der Waals surface area contributed by atoms with Crippen LogP contribution >= 0.6 is 0 Å². The SMILES string of the molecule is [2H]C1C=CN(c2cccc3c2cc(C)n3C2CCN(CC3CCN(C(=O)c4ccc(C5CN(c6cc(-c7ccccc7O)nnc6N)CCO5)cc4)CC3)CC2)[C@H]([2H])N1. The van der Waals surface area contributed by atoms with Gasteiger partial charge in [-0.1, -0.05) is 36.4 Å². The number of carbonyl (C=O) groups excluding carboxylic acids is 1. The largest absolute Gasteiger partial charge is 0.507 e. The van der Waals surface area contributed by atoms with Crippen LogP contribution in [0.3, 0.4) is 0 Å². The molecule has 296 valence electrons. The average molecular weight is 770 g/mol. The van der Waals surface area contributed by atoms with Crippen LogP contribution in [0.25, 0.3) is 22.2 Å². The number of fused-ring (bicyclic) bond motifs is 1. The van der Waals surface area contributed by atoms with E-state index in [9.17, 15) is 9.90 Å². The summed E-state index contributed by atoms with van der Waals surface area (Å²) in [5, 5.41) is 22.9. The number of hydrogen-bond donors (Lipinski definition) is 3. The highest BCUT2D eigenvalue weighted by Crippen LogP contribution is 2.37. The Morgan fingerprint density at radius 3 is 2.54 bits per heavy atom. The van der Waals surface area contributed by atoms with Crippen molar-refractivity contribution in [2.75, 3.05) is 81.1 Å². The number of nitrogens with two attached hydrogens (primary N) is 1. The van der Waals surface area contributed by atoms with Crippen LogP contribution in [0.5, 0.6) is 5.75 Å². The molecule has 5 aromatic rings. The Hall–Kier alpha value is -5.43. The van der Waals surface area contributed by atoms with Crippen LogP contribution in [-0.4, -0.2) is 101 Å². The van der Waals surface area contributed by atoms with Gasteiger partial charge in [0.15, 0.2) is 5.82 Å². The average Bonchev–Trinajstić information content (AvgIpc) is 3.60. The molecule has 6 heterocycles. The zero-order valence-electron chi connectivity index (χ0n) is 34.5. The normalized spacial score (nSPS) is 23.2. The number of anilines is 3. The lowest BCUT2D eigenvalue weighted by Crippen LogP contribution is -2.43. The van der Waals surface area contributed by atoms with E-state index >= 15 is 0 Å². The Morgan fingerprint density at radius 1 is 0.947 bits per heavy atom. The third-order valence-electron chi connectivity index (χ3n) is 12.2. The summed E-state index contributed by atoms with van der Waals surface area (Å²) in [7, 11) is 0. The number of rotatable bonds is 8. The van der Waals surface area contributed by atoms with Crippen molar-refractivity contribution in [1.29, 1.82) is 0 Å². The molecule has 3 atom stereocenters. The molecule has 57 heavy (non-hydrogen) atoms. The van der Waals surface area contributed by atoms with Crippen molar-refractivity contribution in [3.05, 3.63) is 108 Å². The topological polar surface area (TPSA) is 128 Å². The highest BCUT2D eigenvalue weighted by atomic mass is 16.5. The third kappa shape index (κ3) is 7.69. The summed E-state index contributed by atoms with van der Waals surface area (Å²) in [6, 6.07) is 25.8. The first kappa shape index (κ1) is 34.8. The summed E-state index contributed by atoms with van der Waals surface area (Å²) in [5.74, 6) is 1.12. The molecule has 3 saturated heterocycles. The lowest BCUT2D eigenvalue weighted by molar-refractivity contribution is 0.0398. The van der Waals surface area contributed by atoms with Crippen LogP contribution in [0, 0.1) is 12.8 Å². The number of phenols is 1. The third-order valence-corrected chi connectivity index (χ3v) is 12.2. The number of ether oxygens (including phenoxy) is 1. The van der Waals surface area contributed by atoms with Crippen molar-refractivity contribution < 1.29 is 17.4 Å². The summed E-state index contributed by atoms with van der Waals surface area (Å²) >= 11 is 0. The van der Waals surface area contributed by atoms with Crippen molar-refractivity contribution in [3.8, 4) is 17.0 Å². The van der Waals surface area contributed by atoms with E-state index < -0.39 is 13.2 Å². The van der Waals surface area contributed by atoms with Gasteiger partial charge in [-0.15, -0.1) is 10.2 Å². The lowest BCUT2D eigenvalue weighted by Gasteiger charge is -2.38. The zero-order chi connectivity index (χ0) is 40.6. The minimum absolute atomic E-state index is 0.0817. The van der Waals surface area contributed by atoms with E-state index in [1.807, 2.05) is 52.4 Å². The number of hydrogen-bond acceptors (Lipinski definition) is 10. The summed E-state index contributed by atoms with van der Waals surface area (Å²) in [4.78, 5) is 22.3. The van der Waals surface area contributed by atoms with Gasteiger partial charge in [-0.05, 0) is 92.6 Å². The minimum Gasteiger partial charge on any atom is -0.507 e. The number of benzene rings is 3. The van der Waals surface area contributed by atoms with Gasteiger partial charge < -0.3 is 39.7 Å². The molecule has 2 aromatic heterocycles. The zero-order valence-corrected chi connectivity index (χ0v) is 32.5. The molecular weight excluding hydrogens is 715 g/mol. The number of nitrogen functional groups attached to an aromatic ring is 1. The van der Waals surface area contributed by atoms with E-state index in [1.54, 1.807) is 24.3 Å². The fourth-order valence-corrected chi connectivity index (χ4v) is 9.19. The number of carbonyl (C=O) groups is 1. The quantitative estimate of drug-likeness (QED) is 0.165. The summed E-state index contributed by atoms with van der Waals surface area (Å²) in [6.45, 7) is 7.38. The molecule has 12 nitrogen and oxygen atoms in total. The molecule has 0 spiro atoms. The van der Waals surface area contributed by atoms with Gasteiger partial charge in [0.1, 0.15) is 11.9 Å². The second-order valence-corrected chi connectivity index (χ2v) is 15.8. The molecule has 0 saturated carbocycles. The number of aromatic hydroxyl groups is 1. The van der Waals surface area contributed by atoms with Crippen LogP contribution in [0.4, 0.5) is 17.2 Å². The number of nitrogens with one attached hydrogen (secondary N) is 1. The van der Waals surface area contributed by atoms with E-state index in [-0.39, 0.29) is 17.8 Å². The molecule has 3 aromatic carbocycles. The number of morpholine rings is 1. The Bertz CT molecular complexity index is 2320. The predicted octanol–water partition coefficient (Wildman–Crippen LogP) is 6.34. The van der Waals surface area contributed by atoms with Crippen molar-refractivity contribution >= 4 is 34.0 Å². The molecule has 0 radical (unpaired) electrons. The second kappa shape index (κ2) is 16.2. The molecule has 12 heteroatoms. The lowest BCUT2D eigenvalue weighted by atomic mass is 9.94. The molecule has 4 aliphatic heterocycles. The maximum Gasteiger partial charge on any atom is 0.253 e. The second-order valence-electron chi connectivity index (χ2n) is 15.8. The first-order valence-corrected chi connectivity index (χ1v) is 20.3. The molecule has 9 rings (SSSR count). The van der Waals surface area contributed by atoms with Crippen molar-refractivity contribution in [3.63, 3.8) is 0 Å². The molecule has 4 aliphatic rings. The number of phenolic OH excluding ortho intramolecular Hbond substituents is 1. The standard InChI is InChI=1S/C45H53N9O3/c1-31-26-37-39(53-19-5-18-47-30-53)7-4-8-40(37)54(31)35-16-20-50(21-17-35)28-32-14-22-51(23-15-32)45(56)34-12-10-33(11-13-34)43-29-52(24-25-57-43)41-27-38(48-49-44(41)46)36-6-2-3-9-42(36)55/h2-13,19,26-27,32,35,43,47,55H,14-18,20-25,28-30H2,1H3,(H2,46,49)/i18D,30D/t18?,30-,43?/m1/s1. The van der Waals surface area contributed by atoms with Crippen LogP contribution in [0.15, 0.2) is 91.1 Å². The number of aromatic nitrogens is 3. The first-order valence-electron chi connectivity index (χ1n) is 21.4. The summed E-state index contributed by atoms with van der Waals surface area (Å²) in [6.07, 6.45) is 7.64. The maximum absolute atomic E-state index is 13.6. The maximum atomic E-state index is 13.6. The van der Waals surface area contributed by atoms with E-state index in [4.69, 9.17) is 13.2 Å². The van der Waals surface area contributed by atoms with E-state index in [1.165, 1.54) is 11.2 Å². The summed E-state index contributed by atoms with van der Waals surface area (Å²) < 4.78 is 25.2. The van der Waals surface area contributed by atoms with Crippen LogP contribution in [-0.2, 0) is 4.74 Å². The Balaban J connectivity index is 0.764. The van der Waals surface area contributed by atoms with Gasteiger partial charge in [-0.3, -0.25) is 10.1 Å². The van der Waals surface area contributed by atoms with Gasteiger partial charge >= 0.3 is 0 Å². The van der Waals surface area contributed by atoms with Crippen molar-refractivity contribution in [2.45, 2.75) is 44.8 Å². The number of aryl methyl sites for hydroxylation is 1. The fourth-order valence-electron chi connectivity index (χ4n) is 9.19. The fraction of sp³-hybridized carbons (Fsp3) is 0.400. The molecule has 4 N–H and O–H groups in total. The summed E-state index contributed by atoms with van der Waals surface area (Å²) in [5.41, 5.74) is 13.3. The van der Waals surface area contributed by atoms with Crippen LogP contribution in [0.1, 0.15) is 62.2 Å². The molecule has 3 fully saturated rings. The molecule has 1 amide bonds. The predicted molar refractivity (Wildman–Crippen MR) is 225 cm³/mol. The van der Waals surface area contributed by atoms with Gasteiger partial charge in [0, 0.05) is 88.2 Å². The van der Waals surface area contributed by atoms with Crippen LogP contribution < -0.4 is 20.9 Å². The van der Waals surface area contributed by atoms with Gasteiger partial charge in [0.05, 0.1) is 37.2 Å².